The van der Waals surface area contributed by atoms with Crippen LogP contribution in [0.5, 0.6) is 0 Å². The highest BCUT2D eigenvalue weighted by molar-refractivity contribution is 6.31. The van der Waals surface area contributed by atoms with Gasteiger partial charge in [-0.15, -0.1) is 0 Å². The monoisotopic (exact) mass is 224 g/mol. The maximum atomic E-state index is 10.6. The minimum absolute atomic E-state index is 0.0111. The lowest BCUT2D eigenvalue weighted by molar-refractivity contribution is -0.136. The molecule has 0 aliphatic carbocycles. The van der Waals surface area contributed by atoms with Crippen molar-refractivity contribution in [2.75, 3.05) is 0 Å². The summed E-state index contributed by atoms with van der Waals surface area (Å²) >= 11 is 0. The van der Waals surface area contributed by atoms with Crippen LogP contribution in [0.4, 0.5) is 0 Å². The molecule has 1 N–H and O–H groups in total. The largest absolute Gasteiger partial charge is 0.481 e. The van der Waals surface area contributed by atoms with Gasteiger partial charge in [-0.1, -0.05) is 23.7 Å². The molecule has 0 bridgehead atoms. The average molecular weight is 224 g/mol. The molecule has 1 aromatic heterocycles. The van der Waals surface area contributed by atoms with Gasteiger partial charge in [0, 0.05) is 18.0 Å². The van der Waals surface area contributed by atoms with Gasteiger partial charge in [0.25, 0.3) is 0 Å². The quantitative estimate of drug-likeness (QED) is 0.774. The Hall–Kier alpha value is -2.17. The standard InChI is InChI=1S/C12H9BN2O2/c13-10-6-14-12(15-7-10)9-3-1-2-8(4-9)5-11(16)17/h1-4,6-7H,5H2,(H,16,17). The Balaban J connectivity index is 2.32. The van der Waals surface area contributed by atoms with E-state index in [0.29, 0.717) is 11.3 Å². The van der Waals surface area contributed by atoms with Crippen molar-refractivity contribution in [3.05, 3.63) is 42.2 Å². The zero-order valence-corrected chi connectivity index (χ0v) is 9.00. The van der Waals surface area contributed by atoms with Crippen LogP contribution in [0, 0.1) is 0 Å². The summed E-state index contributed by atoms with van der Waals surface area (Å²) in [5.74, 6) is -0.327. The smallest absolute Gasteiger partial charge is 0.307 e. The van der Waals surface area contributed by atoms with Crippen LogP contribution in [0.15, 0.2) is 36.7 Å². The molecular weight excluding hydrogens is 215 g/mol. The lowest BCUT2D eigenvalue weighted by atomic mass is 10.0. The molecule has 1 aromatic carbocycles. The number of benzene rings is 1. The normalized spacial score (nSPS) is 10.1. The van der Waals surface area contributed by atoms with Crippen molar-refractivity contribution in [3.63, 3.8) is 0 Å². The van der Waals surface area contributed by atoms with Crippen molar-refractivity contribution in [1.82, 2.24) is 9.97 Å². The Morgan fingerprint density at radius 1 is 1.29 bits per heavy atom. The van der Waals surface area contributed by atoms with E-state index in [1.165, 1.54) is 12.4 Å². The fourth-order valence-corrected chi connectivity index (χ4v) is 1.48. The fraction of sp³-hybridized carbons (Fsp3) is 0.0833. The summed E-state index contributed by atoms with van der Waals surface area (Å²) in [6.07, 6.45) is 3.03. The molecule has 0 atom stereocenters. The van der Waals surface area contributed by atoms with E-state index < -0.39 is 5.97 Å². The summed E-state index contributed by atoms with van der Waals surface area (Å²) in [7, 11) is 5.50. The van der Waals surface area contributed by atoms with Gasteiger partial charge in [-0.2, -0.15) is 0 Å². The van der Waals surface area contributed by atoms with E-state index in [4.69, 9.17) is 13.0 Å². The second kappa shape index (κ2) is 4.78. The number of aromatic nitrogens is 2. The van der Waals surface area contributed by atoms with Crippen LogP contribution in [-0.2, 0) is 11.2 Å². The Morgan fingerprint density at radius 3 is 2.65 bits per heavy atom. The zero-order chi connectivity index (χ0) is 12.3. The molecule has 17 heavy (non-hydrogen) atoms. The van der Waals surface area contributed by atoms with Crippen molar-refractivity contribution >= 4 is 19.3 Å². The third-order valence-corrected chi connectivity index (χ3v) is 2.21. The lowest BCUT2D eigenvalue weighted by Gasteiger charge is -2.02. The summed E-state index contributed by atoms with van der Waals surface area (Å²) in [6.45, 7) is 0. The second-order valence-corrected chi connectivity index (χ2v) is 3.61. The first-order valence-corrected chi connectivity index (χ1v) is 5.04. The molecule has 0 saturated carbocycles. The number of aliphatic carboxylic acids is 1. The summed E-state index contributed by atoms with van der Waals surface area (Å²) in [4.78, 5) is 18.8. The van der Waals surface area contributed by atoms with Crippen molar-refractivity contribution in [2.45, 2.75) is 6.42 Å². The molecule has 0 amide bonds. The topological polar surface area (TPSA) is 63.1 Å². The van der Waals surface area contributed by atoms with Crippen LogP contribution in [-0.4, -0.2) is 28.9 Å². The highest BCUT2D eigenvalue weighted by atomic mass is 16.4. The summed E-state index contributed by atoms with van der Waals surface area (Å²) in [5.41, 5.74) is 2.00. The van der Waals surface area contributed by atoms with Crippen LogP contribution in [0.3, 0.4) is 0 Å². The summed E-state index contributed by atoms with van der Waals surface area (Å²) in [6, 6.07) is 7.14. The van der Waals surface area contributed by atoms with Crippen molar-refractivity contribution < 1.29 is 9.90 Å². The molecule has 1 heterocycles. The minimum atomic E-state index is -0.861. The molecule has 5 heteroatoms. The van der Waals surface area contributed by atoms with Gasteiger partial charge >= 0.3 is 5.97 Å². The summed E-state index contributed by atoms with van der Waals surface area (Å²) < 4.78 is 0. The molecule has 2 radical (unpaired) electrons. The number of hydrogen-bond acceptors (Lipinski definition) is 3. The van der Waals surface area contributed by atoms with E-state index in [1.54, 1.807) is 18.2 Å². The molecule has 0 saturated heterocycles. The van der Waals surface area contributed by atoms with Gasteiger partial charge in [-0.25, -0.2) is 9.97 Å². The number of rotatable bonds is 3. The average Bonchev–Trinajstić information content (AvgIpc) is 2.29. The highest BCUT2D eigenvalue weighted by Crippen LogP contribution is 2.15. The number of hydrogen-bond donors (Lipinski definition) is 1. The van der Waals surface area contributed by atoms with Crippen molar-refractivity contribution in [1.29, 1.82) is 0 Å². The van der Waals surface area contributed by atoms with Crippen LogP contribution in [0.2, 0.25) is 0 Å². The predicted molar refractivity (Wildman–Crippen MR) is 64.2 cm³/mol. The molecule has 0 aliphatic rings. The highest BCUT2D eigenvalue weighted by Gasteiger charge is 2.04. The van der Waals surface area contributed by atoms with E-state index >= 15 is 0 Å². The Labute approximate surface area is 99.8 Å². The number of carboxylic acids is 1. The molecule has 2 aromatic rings. The van der Waals surface area contributed by atoms with Gasteiger partial charge in [-0.3, -0.25) is 4.79 Å². The Morgan fingerprint density at radius 2 is 2.00 bits per heavy atom. The fourth-order valence-electron chi connectivity index (χ4n) is 1.48. The molecular formula is C12H9BN2O2. The van der Waals surface area contributed by atoms with Crippen LogP contribution in [0.25, 0.3) is 11.4 Å². The van der Waals surface area contributed by atoms with Crippen molar-refractivity contribution in [2.24, 2.45) is 0 Å². The van der Waals surface area contributed by atoms with Gasteiger partial charge in [-0.05, 0) is 11.6 Å². The first-order chi connectivity index (χ1) is 8.15. The minimum Gasteiger partial charge on any atom is -0.481 e. The second-order valence-electron chi connectivity index (χ2n) is 3.61. The third-order valence-electron chi connectivity index (χ3n) is 2.21. The first-order valence-electron chi connectivity index (χ1n) is 5.04. The molecule has 0 spiro atoms. The Bertz CT molecular complexity index is 540. The van der Waals surface area contributed by atoms with E-state index in [-0.39, 0.29) is 6.42 Å². The predicted octanol–water partition coefficient (Wildman–Crippen LogP) is 0.565. The van der Waals surface area contributed by atoms with Crippen LogP contribution in [0.1, 0.15) is 5.56 Å². The molecule has 0 aliphatic heterocycles. The van der Waals surface area contributed by atoms with Gasteiger partial charge in [0.15, 0.2) is 5.82 Å². The molecule has 0 fully saturated rings. The molecule has 2 rings (SSSR count). The number of carbonyl (C=O) groups is 1. The van der Waals surface area contributed by atoms with Gasteiger partial charge < -0.3 is 5.11 Å². The summed E-state index contributed by atoms with van der Waals surface area (Å²) in [5, 5.41) is 8.72. The third kappa shape index (κ3) is 2.90. The van der Waals surface area contributed by atoms with Crippen LogP contribution >= 0.6 is 0 Å². The molecule has 82 valence electrons. The van der Waals surface area contributed by atoms with Crippen LogP contribution < -0.4 is 5.46 Å². The maximum Gasteiger partial charge on any atom is 0.307 e. The number of carboxylic acid groups (broad SMARTS) is 1. The molecule has 4 nitrogen and oxygen atoms in total. The zero-order valence-electron chi connectivity index (χ0n) is 9.00. The van der Waals surface area contributed by atoms with Crippen molar-refractivity contribution in [3.8, 4) is 11.4 Å². The van der Waals surface area contributed by atoms with Gasteiger partial charge in [0.1, 0.15) is 7.85 Å². The van der Waals surface area contributed by atoms with Gasteiger partial charge in [0.05, 0.1) is 6.42 Å². The van der Waals surface area contributed by atoms with E-state index in [1.807, 2.05) is 6.07 Å². The molecule has 0 unspecified atom stereocenters. The van der Waals surface area contributed by atoms with E-state index in [2.05, 4.69) is 9.97 Å². The maximum absolute atomic E-state index is 10.6. The lowest BCUT2D eigenvalue weighted by Crippen LogP contribution is -2.05. The number of nitrogens with zero attached hydrogens (tertiary/aromatic N) is 2. The van der Waals surface area contributed by atoms with E-state index in [0.717, 1.165) is 11.1 Å². The first kappa shape index (κ1) is 11.3. The van der Waals surface area contributed by atoms with Gasteiger partial charge in [0.2, 0.25) is 0 Å². The van der Waals surface area contributed by atoms with E-state index in [9.17, 15) is 4.79 Å². The Kier molecular flexibility index (Phi) is 3.18. The SMILES string of the molecule is [B]c1cnc(-c2cccc(CC(=O)O)c2)nc1.